The van der Waals surface area contributed by atoms with Crippen molar-refractivity contribution in [1.82, 2.24) is 0 Å². The maximum Gasteiger partial charge on any atom is 0.330 e. The van der Waals surface area contributed by atoms with Crippen LogP contribution in [0.2, 0.25) is 0 Å². The van der Waals surface area contributed by atoms with Crippen molar-refractivity contribution in [3.8, 4) is 0 Å². The van der Waals surface area contributed by atoms with Gasteiger partial charge in [-0.25, -0.2) is 9.59 Å². The molecule has 0 unspecified atom stereocenters. The summed E-state index contributed by atoms with van der Waals surface area (Å²) < 4.78 is 9.65. The SMILES string of the molecule is C=CC(=O)OCC(C)(C)OC(=O)C=C. The van der Waals surface area contributed by atoms with Crippen molar-refractivity contribution < 1.29 is 19.1 Å². The summed E-state index contributed by atoms with van der Waals surface area (Å²) in [5.41, 5.74) is -0.857. The number of rotatable bonds is 5. The van der Waals surface area contributed by atoms with Crippen LogP contribution >= 0.6 is 0 Å². The lowest BCUT2D eigenvalue weighted by atomic mass is 10.1. The average molecular weight is 198 g/mol. The van der Waals surface area contributed by atoms with Crippen LogP contribution in [0.3, 0.4) is 0 Å². The number of ether oxygens (including phenoxy) is 2. The minimum Gasteiger partial charge on any atom is -0.458 e. The van der Waals surface area contributed by atoms with Crippen molar-refractivity contribution in [1.29, 1.82) is 0 Å². The summed E-state index contributed by atoms with van der Waals surface area (Å²) in [4.78, 5) is 21.6. The van der Waals surface area contributed by atoms with E-state index in [2.05, 4.69) is 13.2 Å². The third kappa shape index (κ3) is 5.13. The Kier molecular flexibility index (Phi) is 4.63. The van der Waals surface area contributed by atoms with Gasteiger partial charge in [-0.1, -0.05) is 13.2 Å². The molecule has 0 saturated carbocycles. The first kappa shape index (κ1) is 12.4. The van der Waals surface area contributed by atoms with E-state index in [0.29, 0.717) is 0 Å². The van der Waals surface area contributed by atoms with Gasteiger partial charge in [0.2, 0.25) is 0 Å². The Labute approximate surface area is 83.2 Å². The van der Waals surface area contributed by atoms with E-state index in [1.165, 1.54) is 0 Å². The lowest BCUT2D eigenvalue weighted by molar-refractivity contribution is -0.161. The summed E-state index contributed by atoms with van der Waals surface area (Å²) >= 11 is 0. The molecule has 0 radical (unpaired) electrons. The fraction of sp³-hybridized carbons (Fsp3) is 0.400. The molecule has 0 spiro atoms. The van der Waals surface area contributed by atoms with Gasteiger partial charge in [0.15, 0.2) is 0 Å². The molecule has 0 fully saturated rings. The van der Waals surface area contributed by atoms with Crippen molar-refractivity contribution in [2.75, 3.05) is 6.61 Å². The van der Waals surface area contributed by atoms with E-state index in [0.717, 1.165) is 12.2 Å². The highest BCUT2D eigenvalue weighted by atomic mass is 16.6. The molecule has 0 aliphatic rings. The van der Waals surface area contributed by atoms with E-state index in [4.69, 9.17) is 9.47 Å². The zero-order valence-electron chi connectivity index (χ0n) is 8.41. The van der Waals surface area contributed by atoms with Crippen LogP contribution in [0, 0.1) is 0 Å². The van der Waals surface area contributed by atoms with Crippen LogP contribution < -0.4 is 0 Å². The van der Waals surface area contributed by atoms with E-state index in [1.54, 1.807) is 13.8 Å². The summed E-state index contributed by atoms with van der Waals surface area (Å²) in [5.74, 6) is -1.10. The van der Waals surface area contributed by atoms with E-state index < -0.39 is 17.5 Å². The fourth-order valence-corrected chi connectivity index (χ4v) is 0.647. The van der Waals surface area contributed by atoms with Crippen LogP contribution in [-0.4, -0.2) is 24.1 Å². The van der Waals surface area contributed by atoms with Crippen molar-refractivity contribution in [3.63, 3.8) is 0 Å². The minimum atomic E-state index is -0.857. The molecule has 0 aromatic carbocycles. The van der Waals surface area contributed by atoms with Gasteiger partial charge >= 0.3 is 11.9 Å². The standard InChI is InChI=1S/C10H14O4/c1-5-8(11)13-7-10(3,4)14-9(12)6-2/h5-6H,1-2,7H2,3-4H3. The molecule has 0 saturated heterocycles. The number of hydrogen-bond donors (Lipinski definition) is 0. The van der Waals surface area contributed by atoms with Crippen LogP contribution in [-0.2, 0) is 19.1 Å². The number of carbonyl (C=O) groups is 2. The lowest BCUT2D eigenvalue weighted by Gasteiger charge is -2.23. The lowest BCUT2D eigenvalue weighted by Crippen LogP contribution is -2.33. The molecule has 78 valence electrons. The van der Waals surface area contributed by atoms with Gasteiger partial charge in [0, 0.05) is 12.2 Å². The van der Waals surface area contributed by atoms with Crippen LogP contribution in [0.5, 0.6) is 0 Å². The molecule has 0 aliphatic heterocycles. The van der Waals surface area contributed by atoms with Crippen molar-refractivity contribution in [2.24, 2.45) is 0 Å². The summed E-state index contributed by atoms with van der Waals surface area (Å²) in [6.45, 7) is 9.74. The maximum atomic E-state index is 10.8. The molecule has 0 aromatic rings. The van der Waals surface area contributed by atoms with Gasteiger partial charge in [-0.3, -0.25) is 0 Å². The average Bonchev–Trinajstić information content (AvgIpc) is 2.13. The zero-order chi connectivity index (χ0) is 11.2. The molecule has 14 heavy (non-hydrogen) atoms. The smallest absolute Gasteiger partial charge is 0.330 e. The monoisotopic (exact) mass is 198 g/mol. The minimum absolute atomic E-state index is 0.0164. The second kappa shape index (κ2) is 5.21. The molecular formula is C10H14O4. The third-order valence-corrected chi connectivity index (χ3v) is 1.27. The summed E-state index contributed by atoms with van der Waals surface area (Å²) in [5, 5.41) is 0. The van der Waals surface area contributed by atoms with E-state index in [9.17, 15) is 9.59 Å². The molecule has 0 aliphatic carbocycles. The Bertz CT molecular complexity index is 253. The van der Waals surface area contributed by atoms with E-state index >= 15 is 0 Å². The Morgan fingerprint density at radius 3 is 2.14 bits per heavy atom. The second-order valence-corrected chi connectivity index (χ2v) is 3.20. The van der Waals surface area contributed by atoms with Crippen molar-refractivity contribution >= 4 is 11.9 Å². The van der Waals surface area contributed by atoms with Crippen LogP contribution in [0.25, 0.3) is 0 Å². The van der Waals surface area contributed by atoms with E-state index in [1.807, 2.05) is 0 Å². The Hall–Kier alpha value is -1.58. The second-order valence-electron chi connectivity index (χ2n) is 3.20. The highest BCUT2D eigenvalue weighted by molar-refractivity contribution is 5.82. The molecule has 4 heteroatoms. The molecule has 0 rings (SSSR count). The van der Waals surface area contributed by atoms with Gasteiger partial charge < -0.3 is 9.47 Å². The first-order valence-corrected chi connectivity index (χ1v) is 4.06. The Balaban J connectivity index is 4.06. The predicted molar refractivity (Wildman–Crippen MR) is 51.5 cm³/mol. The molecular weight excluding hydrogens is 184 g/mol. The Morgan fingerprint density at radius 1 is 1.21 bits per heavy atom. The molecule has 0 N–H and O–H groups in total. The van der Waals surface area contributed by atoms with Crippen LogP contribution in [0.15, 0.2) is 25.3 Å². The van der Waals surface area contributed by atoms with Gasteiger partial charge in [-0.15, -0.1) is 0 Å². The normalized spacial score (nSPS) is 10.1. The number of carbonyl (C=O) groups excluding carboxylic acids is 2. The predicted octanol–water partition coefficient (Wildman–Crippen LogP) is 1.22. The first-order valence-electron chi connectivity index (χ1n) is 4.06. The number of hydrogen-bond acceptors (Lipinski definition) is 4. The largest absolute Gasteiger partial charge is 0.458 e. The van der Waals surface area contributed by atoms with Gasteiger partial charge in [0.05, 0.1) is 0 Å². The molecule has 0 heterocycles. The number of esters is 2. The Morgan fingerprint density at radius 2 is 1.71 bits per heavy atom. The van der Waals surface area contributed by atoms with Gasteiger partial charge in [-0.05, 0) is 13.8 Å². The maximum absolute atomic E-state index is 10.8. The topological polar surface area (TPSA) is 52.6 Å². The van der Waals surface area contributed by atoms with Crippen molar-refractivity contribution in [2.45, 2.75) is 19.4 Å². The molecule has 0 aromatic heterocycles. The van der Waals surface area contributed by atoms with Gasteiger partial charge in [-0.2, -0.15) is 0 Å². The molecule has 4 nitrogen and oxygen atoms in total. The zero-order valence-corrected chi connectivity index (χ0v) is 8.41. The molecule has 0 amide bonds. The summed E-state index contributed by atoms with van der Waals surface area (Å²) in [6, 6.07) is 0. The van der Waals surface area contributed by atoms with Gasteiger partial charge in [0.25, 0.3) is 0 Å². The highest BCUT2D eigenvalue weighted by Crippen LogP contribution is 2.10. The van der Waals surface area contributed by atoms with Crippen LogP contribution in [0.4, 0.5) is 0 Å². The quantitative estimate of drug-likeness (QED) is 0.492. The molecule has 0 atom stereocenters. The van der Waals surface area contributed by atoms with Gasteiger partial charge in [0.1, 0.15) is 12.2 Å². The van der Waals surface area contributed by atoms with Crippen molar-refractivity contribution in [3.05, 3.63) is 25.3 Å². The highest BCUT2D eigenvalue weighted by Gasteiger charge is 2.23. The fourth-order valence-electron chi connectivity index (χ4n) is 0.647. The first-order chi connectivity index (χ1) is 6.41. The summed E-state index contributed by atoms with van der Waals surface area (Å²) in [7, 11) is 0. The summed E-state index contributed by atoms with van der Waals surface area (Å²) in [6.07, 6.45) is 2.10. The van der Waals surface area contributed by atoms with Crippen LogP contribution in [0.1, 0.15) is 13.8 Å². The van der Waals surface area contributed by atoms with E-state index in [-0.39, 0.29) is 6.61 Å². The third-order valence-electron chi connectivity index (χ3n) is 1.27. The molecule has 0 bridgehead atoms.